The Labute approximate surface area is 62.5 Å². The number of Topliss-reactive ketones (excluding diaryl/α,β-unsaturated/α-hetero) is 1. The molecular formula is C7H12NOP. The van der Waals surface area contributed by atoms with Gasteiger partial charge in [0.1, 0.15) is 0 Å². The maximum Gasteiger partial charge on any atom is 0.153 e. The summed E-state index contributed by atoms with van der Waals surface area (Å²) in [6, 6.07) is 0.244. The van der Waals surface area contributed by atoms with Gasteiger partial charge in [0.15, 0.2) is 5.78 Å². The molecule has 2 fully saturated rings. The summed E-state index contributed by atoms with van der Waals surface area (Å²) >= 11 is 0. The second kappa shape index (κ2) is 2.28. The SMILES string of the molecule is CC1CC2PCNC2C1=O. The van der Waals surface area contributed by atoms with Gasteiger partial charge in [0.05, 0.1) is 6.04 Å². The normalized spacial score (nSPS) is 48.5. The third-order valence-electron chi connectivity index (χ3n) is 2.49. The fourth-order valence-electron chi connectivity index (χ4n) is 1.88. The van der Waals surface area contributed by atoms with Gasteiger partial charge in [-0.25, -0.2) is 0 Å². The van der Waals surface area contributed by atoms with Crippen LogP contribution >= 0.6 is 8.58 Å². The summed E-state index contributed by atoms with van der Waals surface area (Å²) < 4.78 is 0. The van der Waals surface area contributed by atoms with Crippen LogP contribution in [0.1, 0.15) is 13.3 Å². The van der Waals surface area contributed by atoms with Gasteiger partial charge in [-0.1, -0.05) is 6.92 Å². The van der Waals surface area contributed by atoms with Gasteiger partial charge in [-0.05, 0) is 6.42 Å². The van der Waals surface area contributed by atoms with Crippen molar-refractivity contribution >= 4 is 14.4 Å². The summed E-state index contributed by atoms with van der Waals surface area (Å²) in [6.07, 6.45) is 2.21. The molecule has 0 aromatic heterocycles. The quantitative estimate of drug-likeness (QED) is 0.521. The van der Waals surface area contributed by atoms with Gasteiger partial charge < -0.3 is 5.32 Å². The zero-order valence-corrected chi connectivity index (χ0v) is 7.05. The molecule has 1 heterocycles. The van der Waals surface area contributed by atoms with Crippen LogP contribution in [-0.4, -0.2) is 23.8 Å². The predicted molar refractivity (Wildman–Crippen MR) is 42.7 cm³/mol. The number of rotatable bonds is 0. The first-order chi connectivity index (χ1) is 4.79. The molecule has 10 heavy (non-hydrogen) atoms. The first-order valence-corrected chi connectivity index (χ1v) is 5.08. The van der Waals surface area contributed by atoms with Gasteiger partial charge in [-0.15, -0.1) is 8.58 Å². The molecule has 4 unspecified atom stereocenters. The number of carbonyl (C=O) groups is 1. The lowest BCUT2D eigenvalue weighted by Crippen LogP contribution is -2.33. The van der Waals surface area contributed by atoms with E-state index < -0.39 is 0 Å². The molecule has 1 aliphatic carbocycles. The van der Waals surface area contributed by atoms with Crippen LogP contribution in [0.3, 0.4) is 0 Å². The van der Waals surface area contributed by atoms with E-state index in [4.69, 9.17) is 0 Å². The van der Waals surface area contributed by atoms with Crippen LogP contribution in [0.25, 0.3) is 0 Å². The molecule has 0 amide bonds. The summed E-state index contributed by atoms with van der Waals surface area (Å²) in [6.45, 7) is 2.05. The Morgan fingerprint density at radius 1 is 1.70 bits per heavy atom. The van der Waals surface area contributed by atoms with Crippen LogP contribution in [0.4, 0.5) is 0 Å². The molecule has 4 atom stereocenters. The lowest BCUT2D eigenvalue weighted by Gasteiger charge is -2.04. The van der Waals surface area contributed by atoms with Crippen LogP contribution in [0.2, 0.25) is 0 Å². The van der Waals surface area contributed by atoms with Gasteiger partial charge in [0.25, 0.3) is 0 Å². The van der Waals surface area contributed by atoms with E-state index in [1.54, 1.807) is 0 Å². The summed E-state index contributed by atoms with van der Waals surface area (Å²) in [7, 11) is 0.983. The van der Waals surface area contributed by atoms with E-state index in [1.165, 1.54) is 0 Å². The topological polar surface area (TPSA) is 29.1 Å². The van der Waals surface area contributed by atoms with E-state index in [-0.39, 0.29) is 6.04 Å². The van der Waals surface area contributed by atoms with Crippen molar-refractivity contribution < 1.29 is 4.79 Å². The van der Waals surface area contributed by atoms with E-state index in [1.807, 2.05) is 6.92 Å². The van der Waals surface area contributed by atoms with Gasteiger partial charge in [0.2, 0.25) is 0 Å². The molecule has 2 aliphatic rings. The van der Waals surface area contributed by atoms with Crippen molar-refractivity contribution in [3.8, 4) is 0 Å². The fraction of sp³-hybridized carbons (Fsp3) is 0.857. The van der Waals surface area contributed by atoms with Crippen LogP contribution in [0, 0.1) is 5.92 Å². The molecule has 0 aromatic carbocycles. The molecule has 0 aromatic rings. The minimum absolute atomic E-state index is 0.244. The molecule has 3 heteroatoms. The third-order valence-corrected chi connectivity index (χ3v) is 3.99. The molecule has 0 radical (unpaired) electrons. The molecule has 56 valence electrons. The maximum atomic E-state index is 11.3. The molecular weight excluding hydrogens is 145 g/mol. The van der Waals surface area contributed by atoms with Crippen molar-refractivity contribution in [2.24, 2.45) is 5.92 Å². The zero-order valence-electron chi connectivity index (χ0n) is 6.05. The molecule has 1 saturated carbocycles. The van der Waals surface area contributed by atoms with Crippen LogP contribution in [-0.2, 0) is 4.79 Å². The Kier molecular flexibility index (Phi) is 1.54. The monoisotopic (exact) mass is 157 g/mol. The number of hydrogen-bond acceptors (Lipinski definition) is 2. The average molecular weight is 157 g/mol. The van der Waals surface area contributed by atoms with E-state index in [9.17, 15) is 4.79 Å². The minimum atomic E-state index is 0.244. The minimum Gasteiger partial charge on any atom is -0.303 e. The van der Waals surface area contributed by atoms with E-state index in [2.05, 4.69) is 5.32 Å². The Bertz CT molecular complexity index is 171. The first kappa shape index (κ1) is 6.75. The molecule has 1 N–H and O–H groups in total. The van der Waals surface area contributed by atoms with Crippen molar-refractivity contribution in [2.45, 2.75) is 25.0 Å². The second-order valence-corrected chi connectivity index (χ2v) is 4.71. The number of fused-ring (bicyclic) bond motifs is 1. The highest BCUT2D eigenvalue weighted by Crippen LogP contribution is 2.39. The fourth-order valence-corrected chi connectivity index (χ4v) is 3.52. The van der Waals surface area contributed by atoms with Crippen molar-refractivity contribution in [2.75, 3.05) is 6.29 Å². The summed E-state index contributed by atoms with van der Waals surface area (Å²) in [5, 5.41) is 3.26. The van der Waals surface area contributed by atoms with E-state index >= 15 is 0 Å². The zero-order chi connectivity index (χ0) is 7.14. The van der Waals surface area contributed by atoms with Crippen LogP contribution < -0.4 is 5.32 Å². The predicted octanol–water partition coefficient (Wildman–Crippen LogP) is 0.572. The van der Waals surface area contributed by atoms with E-state index in [0.29, 0.717) is 17.4 Å². The van der Waals surface area contributed by atoms with Crippen molar-refractivity contribution in [3.05, 3.63) is 0 Å². The lowest BCUT2D eigenvalue weighted by atomic mass is 10.1. The van der Waals surface area contributed by atoms with Crippen molar-refractivity contribution in [3.63, 3.8) is 0 Å². The highest BCUT2D eigenvalue weighted by molar-refractivity contribution is 7.39. The number of carbonyl (C=O) groups excluding carboxylic acids is 1. The maximum absolute atomic E-state index is 11.3. The Morgan fingerprint density at radius 3 is 3.20 bits per heavy atom. The number of ketones is 1. The first-order valence-electron chi connectivity index (χ1n) is 3.79. The molecule has 2 nitrogen and oxygen atoms in total. The van der Waals surface area contributed by atoms with Gasteiger partial charge in [-0.2, -0.15) is 0 Å². The summed E-state index contributed by atoms with van der Waals surface area (Å²) in [5.41, 5.74) is 0.697. The number of hydrogen-bond donors (Lipinski definition) is 1. The summed E-state index contributed by atoms with van der Waals surface area (Å²) in [4.78, 5) is 11.3. The highest BCUT2D eigenvalue weighted by Gasteiger charge is 2.42. The van der Waals surface area contributed by atoms with E-state index in [0.717, 1.165) is 21.3 Å². The molecule has 1 aliphatic heterocycles. The standard InChI is InChI=1S/C7H12NOP/c1-4-2-5-6(7(4)9)8-3-10-5/h4-6,8,10H,2-3H2,1H3. The Hall–Kier alpha value is 0.0600. The van der Waals surface area contributed by atoms with Crippen LogP contribution in [0.15, 0.2) is 0 Å². The lowest BCUT2D eigenvalue weighted by molar-refractivity contribution is -0.121. The van der Waals surface area contributed by atoms with Crippen molar-refractivity contribution in [1.29, 1.82) is 0 Å². The number of nitrogens with one attached hydrogen (secondary N) is 1. The molecule has 2 rings (SSSR count). The average Bonchev–Trinajstić information content (AvgIpc) is 2.41. The largest absolute Gasteiger partial charge is 0.303 e. The summed E-state index contributed by atoms with van der Waals surface area (Å²) in [5.74, 6) is 0.783. The highest BCUT2D eigenvalue weighted by atomic mass is 31.1. The van der Waals surface area contributed by atoms with Crippen LogP contribution in [0.5, 0.6) is 0 Å². The van der Waals surface area contributed by atoms with Gasteiger partial charge in [0, 0.05) is 17.9 Å². The third kappa shape index (κ3) is 0.826. The Balaban J connectivity index is 2.17. The Morgan fingerprint density at radius 2 is 2.50 bits per heavy atom. The molecule has 0 bridgehead atoms. The molecule has 0 spiro atoms. The second-order valence-electron chi connectivity index (χ2n) is 3.21. The van der Waals surface area contributed by atoms with Crippen molar-refractivity contribution in [1.82, 2.24) is 5.32 Å². The van der Waals surface area contributed by atoms with Gasteiger partial charge >= 0.3 is 0 Å². The smallest absolute Gasteiger partial charge is 0.153 e. The molecule has 1 saturated heterocycles. The van der Waals surface area contributed by atoms with Gasteiger partial charge in [-0.3, -0.25) is 4.79 Å².